The van der Waals surface area contributed by atoms with Gasteiger partial charge in [0.1, 0.15) is 0 Å². The highest BCUT2D eigenvalue weighted by Gasteiger charge is 2.10. The molecule has 0 saturated carbocycles. The number of hydrogen-bond donors (Lipinski definition) is 3. The summed E-state index contributed by atoms with van der Waals surface area (Å²) in [5, 5.41) is 3.17. The molecule has 106 valence electrons. The lowest BCUT2D eigenvalue weighted by Crippen LogP contribution is -2.13. The number of methoxy groups -OCH3 is 1. The third kappa shape index (κ3) is 3.12. The molecular formula is C13H18N6O. The molecule has 0 fully saturated rings. The van der Waals surface area contributed by atoms with E-state index in [-0.39, 0.29) is 12.0 Å². The molecule has 7 heteroatoms. The number of aromatic nitrogens is 3. The fourth-order valence-corrected chi connectivity index (χ4v) is 1.80. The van der Waals surface area contributed by atoms with Gasteiger partial charge in [-0.15, -0.1) is 0 Å². The molecule has 0 atom stereocenters. The minimum atomic E-state index is 0.192. The molecule has 0 radical (unpaired) electrons. The SMILES string of the molecule is COc1nc(NN)nc(Nc2ccccc2C(C)C)n1. The van der Waals surface area contributed by atoms with E-state index in [0.717, 1.165) is 5.69 Å². The molecular weight excluding hydrogens is 256 g/mol. The van der Waals surface area contributed by atoms with E-state index in [1.807, 2.05) is 18.2 Å². The van der Waals surface area contributed by atoms with E-state index < -0.39 is 0 Å². The predicted octanol–water partition coefficient (Wildman–Crippen LogP) is 2.03. The smallest absolute Gasteiger partial charge is 0.322 e. The molecule has 7 nitrogen and oxygen atoms in total. The van der Waals surface area contributed by atoms with Crippen molar-refractivity contribution in [3.05, 3.63) is 29.8 Å². The van der Waals surface area contributed by atoms with Crippen molar-refractivity contribution in [3.8, 4) is 6.01 Å². The number of hydrazine groups is 1. The van der Waals surface area contributed by atoms with Gasteiger partial charge in [0, 0.05) is 5.69 Å². The molecule has 4 N–H and O–H groups in total. The normalized spacial score (nSPS) is 10.4. The van der Waals surface area contributed by atoms with E-state index in [1.54, 1.807) is 0 Å². The van der Waals surface area contributed by atoms with Gasteiger partial charge in [0.2, 0.25) is 11.9 Å². The predicted molar refractivity (Wildman–Crippen MR) is 78.0 cm³/mol. The van der Waals surface area contributed by atoms with E-state index in [9.17, 15) is 0 Å². The van der Waals surface area contributed by atoms with Crippen LogP contribution in [0.25, 0.3) is 0 Å². The van der Waals surface area contributed by atoms with Crippen LogP contribution in [-0.4, -0.2) is 22.1 Å². The maximum Gasteiger partial charge on any atom is 0.322 e. The van der Waals surface area contributed by atoms with Crippen LogP contribution < -0.4 is 21.3 Å². The maximum atomic E-state index is 5.33. The second kappa shape index (κ2) is 6.16. The van der Waals surface area contributed by atoms with Gasteiger partial charge in [-0.25, -0.2) is 5.84 Å². The van der Waals surface area contributed by atoms with E-state index in [0.29, 0.717) is 11.9 Å². The molecule has 0 spiro atoms. The molecule has 0 amide bonds. The van der Waals surface area contributed by atoms with Crippen molar-refractivity contribution in [2.24, 2.45) is 5.84 Å². The van der Waals surface area contributed by atoms with E-state index in [4.69, 9.17) is 10.6 Å². The van der Waals surface area contributed by atoms with Gasteiger partial charge < -0.3 is 10.1 Å². The third-order valence-corrected chi connectivity index (χ3v) is 2.76. The number of benzene rings is 1. The number of nitrogens with one attached hydrogen (secondary N) is 2. The summed E-state index contributed by atoms with van der Waals surface area (Å²) in [5.74, 6) is 6.32. The first kappa shape index (κ1) is 14.0. The number of para-hydroxylation sites is 1. The molecule has 1 heterocycles. The molecule has 20 heavy (non-hydrogen) atoms. The highest BCUT2D eigenvalue weighted by molar-refractivity contribution is 5.60. The van der Waals surface area contributed by atoms with E-state index in [2.05, 4.69) is 45.6 Å². The summed E-state index contributed by atoms with van der Waals surface area (Å²) in [4.78, 5) is 12.2. The van der Waals surface area contributed by atoms with E-state index in [1.165, 1.54) is 12.7 Å². The lowest BCUT2D eigenvalue weighted by atomic mass is 10.0. The Balaban J connectivity index is 2.34. The first-order valence-electron chi connectivity index (χ1n) is 6.26. The molecule has 1 aromatic heterocycles. The molecule has 0 bridgehead atoms. The Kier molecular flexibility index (Phi) is 4.31. The summed E-state index contributed by atoms with van der Waals surface area (Å²) in [6, 6.07) is 8.18. The molecule has 0 saturated heterocycles. The third-order valence-electron chi connectivity index (χ3n) is 2.76. The number of nitrogens with zero attached hydrogens (tertiary/aromatic N) is 3. The van der Waals surface area contributed by atoms with Gasteiger partial charge in [-0.2, -0.15) is 15.0 Å². The minimum absolute atomic E-state index is 0.192. The van der Waals surface area contributed by atoms with Crippen molar-refractivity contribution in [2.75, 3.05) is 17.9 Å². The molecule has 0 aliphatic heterocycles. The number of anilines is 3. The molecule has 0 aliphatic carbocycles. The summed E-state index contributed by atoms with van der Waals surface area (Å²) in [5.41, 5.74) is 4.50. The van der Waals surface area contributed by atoms with Crippen LogP contribution in [0.3, 0.4) is 0 Å². The Morgan fingerprint density at radius 2 is 1.80 bits per heavy atom. The number of hydrogen-bond acceptors (Lipinski definition) is 7. The van der Waals surface area contributed by atoms with E-state index >= 15 is 0 Å². The summed E-state index contributed by atoms with van der Waals surface area (Å²) < 4.78 is 5.01. The Hall–Kier alpha value is -2.41. The highest BCUT2D eigenvalue weighted by Crippen LogP contribution is 2.26. The summed E-state index contributed by atoms with van der Waals surface area (Å²) in [6.45, 7) is 4.25. The molecule has 2 rings (SSSR count). The summed E-state index contributed by atoms with van der Waals surface area (Å²) >= 11 is 0. The topological polar surface area (TPSA) is 98.0 Å². The standard InChI is InChI=1S/C13H18N6O/c1-8(2)9-6-4-5-7-10(9)15-11-16-12(19-14)18-13(17-11)20-3/h4-8H,14H2,1-3H3,(H2,15,16,17,18,19). The van der Waals surface area contributed by atoms with Crippen LogP contribution in [0.15, 0.2) is 24.3 Å². The zero-order chi connectivity index (χ0) is 14.5. The van der Waals surface area contributed by atoms with Crippen molar-refractivity contribution in [1.29, 1.82) is 0 Å². The molecule has 0 aliphatic rings. The fraction of sp³-hybridized carbons (Fsp3) is 0.308. The van der Waals surface area contributed by atoms with Crippen LogP contribution in [0.5, 0.6) is 6.01 Å². The Morgan fingerprint density at radius 1 is 1.10 bits per heavy atom. The molecule has 1 aromatic carbocycles. The van der Waals surface area contributed by atoms with Crippen LogP contribution >= 0.6 is 0 Å². The summed E-state index contributed by atoms with van der Waals surface area (Å²) in [6.07, 6.45) is 0. The van der Waals surface area contributed by atoms with Crippen molar-refractivity contribution < 1.29 is 4.74 Å². The number of nitrogens with two attached hydrogens (primary N) is 1. The van der Waals surface area contributed by atoms with Crippen LogP contribution in [-0.2, 0) is 0 Å². The lowest BCUT2D eigenvalue weighted by molar-refractivity contribution is 0.379. The lowest BCUT2D eigenvalue weighted by Gasteiger charge is -2.14. The zero-order valence-corrected chi connectivity index (χ0v) is 11.7. The van der Waals surface area contributed by atoms with Gasteiger partial charge in [-0.1, -0.05) is 32.0 Å². The Labute approximate surface area is 117 Å². The van der Waals surface area contributed by atoms with Gasteiger partial charge in [-0.3, -0.25) is 5.43 Å². The second-order valence-electron chi connectivity index (χ2n) is 4.48. The minimum Gasteiger partial charge on any atom is -0.467 e. The molecule has 0 unspecified atom stereocenters. The Morgan fingerprint density at radius 3 is 2.45 bits per heavy atom. The van der Waals surface area contributed by atoms with Gasteiger partial charge in [0.05, 0.1) is 7.11 Å². The fourth-order valence-electron chi connectivity index (χ4n) is 1.80. The largest absolute Gasteiger partial charge is 0.467 e. The summed E-state index contributed by atoms with van der Waals surface area (Å²) in [7, 11) is 1.49. The number of ether oxygens (including phenoxy) is 1. The number of nitrogen functional groups attached to an aromatic ring is 1. The Bertz CT molecular complexity index is 565. The van der Waals surface area contributed by atoms with Crippen LogP contribution in [0.1, 0.15) is 25.3 Å². The molecule has 2 aromatic rings. The first-order chi connectivity index (χ1) is 9.63. The first-order valence-corrected chi connectivity index (χ1v) is 6.26. The van der Waals surface area contributed by atoms with Gasteiger partial charge in [0.15, 0.2) is 0 Å². The maximum absolute atomic E-state index is 5.33. The van der Waals surface area contributed by atoms with Crippen molar-refractivity contribution in [2.45, 2.75) is 19.8 Å². The van der Waals surface area contributed by atoms with Gasteiger partial charge in [0.25, 0.3) is 0 Å². The number of rotatable bonds is 5. The average molecular weight is 274 g/mol. The quantitative estimate of drug-likeness (QED) is 0.566. The highest BCUT2D eigenvalue weighted by atomic mass is 16.5. The van der Waals surface area contributed by atoms with Crippen molar-refractivity contribution >= 4 is 17.6 Å². The van der Waals surface area contributed by atoms with Crippen molar-refractivity contribution in [1.82, 2.24) is 15.0 Å². The van der Waals surface area contributed by atoms with Gasteiger partial charge >= 0.3 is 6.01 Å². The monoisotopic (exact) mass is 274 g/mol. The zero-order valence-electron chi connectivity index (χ0n) is 11.7. The van der Waals surface area contributed by atoms with Gasteiger partial charge in [-0.05, 0) is 17.5 Å². The van der Waals surface area contributed by atoms with Crippen LogP contribution in [0.2, 0.25) is 0 Å². The average Bonchev–Trinajstić information content (AvgIpc) is 2.47. The second-order valence-corrected chi connectivity index (χ2v) is 4.48. The van der Waals surface area contributed by atoms with Crippen molar-refractivity contribution in [3.63, 3.8) is 0 Å². The van der Waals surface area contributed by atoms with Crippen LogP contribution in [0.4, 0.5) is 17.6 Å². The van der Waals surface area contributed by atoms with Crippen LogP contribution in [0, 0.1) is 0 Å².